The second kappa shape index (κ2) is 9.88. The number of rotatable bonds is 6. The minimum Gasteiger partial charge on any atom is -0.369 e. The fraction of sp³-hybridized carbons (Fsp3) is 0.194. The zero-order valence-electron chi connectivity index (χ0n) is 20.4. The van der Waals surface area contributed by atoms with Crippen molar-refractivity contribution in [1.82, 2.24) is 14.5 Å². The molecular weight excluding hydrogens is 442 g/mol. The number of nitrogen functional groups attached to an aromatic ring is 1. The average Bonchev–Trinajstić information content (AvgIpc) is 3.25. The summed E-state index contributed by atoms with van der Waals surface area (Å²) in [6.45, 7) is 5.83. The van der Waals surface area contributed by atoms with Crippen molar-refractivity contribution >= 4 is 22.7 Å². The molecule has 0 atom stereocenters. The highest BCUT2D eigenvalue weighted by molar-refractivity contribution is 5.78. The lowest BCUT2D eigenvalue weighted by molar-refractivity contribution is 0.250. The molecule has 36 heavy (non-hydrogen) atoms. The van der Waals surface area contributed by atoms with E-state index in [4.69, 9.17) is 5.73 Å². The van der Waals surface area contributed by atoms with Crippen LogP contribution in [0.1, 0.15) is 11.1 Å². The van der Waals surface area contributed by atoms with Gasteiger partial charge in [0.1, 0.15) is 0 Å². The Morgan fingerprint density at radius 2 is 1.44 bits per heavy atom. The Bertz CT molecular complexity index is 1470. The van der Waals surface area contributed by atoms with E-state index >= 15 is 0 Å². The number of piperazine rings is 1. The molecule has 5 aromatic rings. The van der Waals surface area contributed by atoms with Gasteiger partial charge in [-0.3, -0.25) is 4.90 Å². The van der Waals surface area contributed by atoms with E-state index in [1.807, 2.05) is 18.2 Å². The van der Waals surface area contributed by atoms with Crippen LogP contribution in [-0.4, -0.2) is 40.6 Å². The number of para-hydroxylation sites is 2. The van der Waals surface area contributed by atoms with Gasteiger partial charge in [-0.1, -0.05) is 78.9 Å². The molecule has 5 heteroatoms. The van der Waals surface area contributed by atoms with Gasteiger partial charge in [-0.15, -0.1) is 0 Å². The van der Waals surface area contributed by atoms with Crippen LogP contribution in [0.25, 0.3) is 22.2 Å². The molecule has 0 unspecified atom stereocenters. The third kappa shape index (κ3) is 4.58. The molecular formula is C31H31N5. The largest absolute Gasteiger partial charge is 0.369 e. The summed E-state index contributed by atoms with van der Waals surface area (Å²) in [4.78, 5) is 9.58. The quantitative estimate of drug-likeness (QED) is 0.346. The van der Waals surface area contributed by atoms with Crippen LogP contribution < -0.4 is 10.6 Å². The molecule has 2 N–H and O–H groups in total. The Balaban J connectivity index is 1.13. The van der Waals surface area contributed by atoms with Crippen LogP contribution in [0.5, 0.6) is 0 Å². The molecule has 0 radical (unpaired) electrons. The average molecular weight is 474 g/mol. The Kier molecular flexibility index (Phi) is 6.14. The van der Waals surface area contributed by atoms with Crippen molar-refractivity contribution in [3.05, 3.63) is 114 Å². The van der Waals surface area contributed by atoms with Gasteiger partial charge < -0.3 is 15.2 Å². The maximum atomic E-state index is 6.24. The first kappa shape index (κ1) is 22.4. The number of nitrogens with two attached hydrogens (primary N) is 1. The minimum atomic E-state index is 0.561. The number of hydrogen-bond donors (Lipinski definition) is 1. The Morgan fingerprint density at radius 1 is 0.694 bits per heavy atom. The minimum absolute atomic E-state index is 0.561. The zero-order valence-corrected chi connectivity index (χ0v) is 20.4. The van der Waals surface area contributed by atoms with E-state index in [9.17, 15) is 0 Å². The van der Waals surface area contributed by atoms with Crippen molar-refractivity contribution in [2.45, 2.75) is 13.1 Å². The number of imidazole rings is 1. The van der Waals surface area contributed by atoms with Crippen LogP contribution >= 0.6 is 0 Å². The second-order valence-corrected chi connectivity index (χ2v) is 9.50. The topological polar surface area (TPSA) is 50.3 Å². The fourth-order valence-corrected chi connectivity index (χ4v) is 5.26. The fourth-order valence-electron chi connectivity index (χ4n) is 5.26. The van der Waals surface area contributed by atoms with E-state index < -0.39 is 0 Å². The highest BCUT2D eigenvalue weighted by atomic mass is 15.3. The van der Waals surface area contributed by atoms with Crippen molar-refractivity contribution in [2.24, 2.45) is 0 Å². The number of hydrogen-bond acceptors (Lipinski definition) is 4. The van der Waals surface area contributed by atoms with Crippen LogP contribution in [0, 0.1) is 0 Å². The third-order valence-corrected chi connectivity index (χ3v) is 7.17. The Morgan fingerprint density at radius 3 is 2.31 bits per heavy atom. The van der Waals surface area contributed by atoms with Crippen LogP contribution in [0.2, 0.25) is 0 Å². The summed E-state index contributed by atoms with van der Waals surface area (Å²) in [5.74, 6) is 0.561. The molecule has 1 aliphatic heterocycles. The molecule has 0 bridgehead atoms. The first-order valence-electron chi connectivity index (χ1n) is 12.6. The van der Waals surface area contributed by atoms with Crippen molar-refractivity contribution in [1.29, 1.82) is 0 Å². The predicted molar refractivity (Wildman–Crippen MR) is 149 cm³/mol. The first-order chi connectivity index (χ1) is 17.7. The lowest BCUT2D eigenvalue weighted by atomic mass is 9.99. The zero-order chi connectivity index (χ0) is 24.3. The lowest BCUT2D eigenvalue weighted by Gasteiger charge is -2.36. The van der Waals surface area contributed by atoms with Crippen molar-refractivity contribution in [3.63, 3.8) is 0 Å². The van der Waals surface area contributed by atoms with Crippen molar-refractivity contribution in [3.8, 4) is 11.1 Å². The Labute approximate surface area is 212 Å². The van der Waals surface area contributed by atoms with Crippen LogP contribution in [0.4, 0.5) is 11.6 Å². The molecule has 0 spiro atoms. The van der Waals surface area contributed by atoms with Gasteiger partial charge in [0.25, 0.3) is 0 Å². The molecule has 0 aliphatic carbocycles. The number of aromatic nitrogens is 2. The monoisotopic (exact) mass is 473 g/mol. The first-order valence-corrected chi connectivity index (χ1v) is 12.6. The van der Waals surface area contributed by atoms with Gasteiger partial charge in [-0.25, -0.2) is 4.98 Å². The molecule has 1 fully saturated rings. The summed E-state index contributed by atoms with van der Waals surface area (Å²) in [6.07, 6.45) is 0. The van der Waals surface area contributed by atoms with E-state index in [2.05, 4.69) is 104 Å². The SMILES string of the molecule is Nc1nc2ccccc2n1Cc1cccc(N2CCN(Cc3ccccc3-c3ccccc3)CC2)c1. The van der Waals surface area contributed by atoms with Gasteiger partial charge in [-0.2, -0.15) is 0 Å². The summed E-state index contributed by atoms with van der Waals surface area (Å²) in [5.41, 5.74) is 14.8. The second-order valence-electron chi connectivity index (χ2n) is 9.50. The van der Waals surface area contributed by atoms with Gasteiger partial charge in [0.15, 0.2) is 0 Å². The van der Waals surface area contributed by atoms with Crippen LogP contribution in [-0.2, 0) is 13.1 Å². The van der Waals surface area contributed by atoms with Crippen molar-refractivity contribution < 1.29 is 0 Å². The van der Waals surface area contributed by atoms with Gasteiger partial charge in [0.05, 0.1) is 17.6 Å². The van der Waals surface area contributed by atoms with E-state index in [-0.39, 0.29) is 0 Å². The summed E-state index contributed by atoms with van der Waals surface area (Å²) in [6, 6.07) is 36.5. The van der Waals surface area contributed by atoms with Gasteiger partial charge in [0.2, 0.25) is 5.95 Å². The summed E-state index contributed by atoms with van der Waals surface area (Å²) >= 11 is 0. The summed E-state index contributed by atoms with van der Waals surface area (Å²) < 4.78 is 2.09. The molecule has 180 valence electrons. The maximum absolute atomic E-state index is 6.24. The summed E-state index contributed by atoms with van der Waals surface area (Å²) in [7, 11) is 0. The highest BCUT2D eigenvalue weighted by Gasteiger charge is 2.19. The van der Waals surface area contributed by atoms with Gasteiger partial charge in [0, 0.05) is 38.4 Å². The molecule has 1 aromatic heterocycles. The molecule has 0 amide bonds. The smallest absolute Gasteiger partial charge is 0.201 e. The number of nitrogens with zero attached hydrogens (tertiary/aromatic N) is 4. The molecule has 6 rings (SSSR count). The highest BCUT2D eigenvalue weighted by Crippen LogP contribution is 2.26. The molecule has 2 heterocycles. The van der Waals surface area contributed by atoms with Crippen LogP contribution in [0.15, 0.2) is 103 Å². The molecule has 4 aromatic carbocycles. The standard InChI is InChI=1S/C31H31N5/c32-31-33-29-15-6-7-16-30(29)36(31)22-24-9-8-13-27(21-24)35-19-17-34(18-20-35)23-26-12-4-5-14-28(26)25-10-2-1-3-11-25/h1-16,21H,17-20,22-23H2,(H2,32,33). The van der Waals surface area contributed by atoms with E-state index in [0.717, 1.165) is 50.3 Å². The van der Waals surface area contributed by atoms with E-state index in [1.165, 1.54) is 27.9 Å². The Hall–Kier alpha value is -4.09. The number of benzene rings is 4. The van der Waals surface area contributed by atoms with Gasteiger partial charge in [-0.05, 0) is 46.5 Å². The number of anilines is 2. The van der Waals surface area contributed by atoms with Crippen LogP contribution in [0.3, 0.4) is 0 Å². The molecule has 0 saturated carbocycles. The summed E-state index contributed by atoms with van der Waals surface area (Å²) in [5, 5.41) is 0. The lowest BCUT2D eigenvalue weighted by Crippen LogP contribution is -2.46. The molecule has 1 aliphatic rings. The molecule has 5 nitrogen and oxygen atoms in total. The molecule has 1 saturated heterocycles. The van der Waals surface area contributed by atoms with E-state index in [0.29, 0.717) is 5.95 Å². The third-order valence-electron chi connectivity index (χ3n) is 7.17. The predicted octanol–water partition coefficient (Wildman–Crippen LogP) is 5.66. The van der Waals surface area contributed by atoms with Crippen molar-refractivity contribution in [2.75, 3.05) is 36.8 Å². The normalized spacial score (nSPS) is 14.4. The van der Waals surface area contributed by atoms with Gasteiger partial charge >= 0.3 is 0 Å². The number of fused-ring (bicyclic) bond motifs is 1. The maximum Gasteiger partial charge on any atom is 0.201 e. The van der Waals surface area contributed by atoms with E-state index in [1.54, 1.807) is 0 Å².